The highest BCUT2D eigenvalue weighted by Gasteiger charge is 2.64. The molecule has 0 amide bonds. The lowest BCUT2D eigenvalue weighted by Gasteiger charge is -2.29. The molecule has 0 spiro atoms. The molecule has 1 aromatic carbocycles. The third kappa shape index (κ3) is 5.46. The number of benzene rings is 1. The van der Waals surface area contributed by atoms with Gasteiger partial charge in [-0.25, -0.2) is 9.78 Å². The molecule has 2 aliphatic heterocycles. The fourth-order valence-electron chi connectivity index (χ4n) is 4.64. The summed E-state index contributed by atoms with van der Waals surface area (Å²) in [4.78, 5) is 24.5. The van der Waals surface area contributed by atoms with E-state index in [9.17, 15) is 9.36 Å². The van der Waals surface area contributed by atoms with Gasteiger partial charge >= 0.3 is 21.3 Å². The first-order valence-electron chi connectivity index (χ1n) is 12.4. The summed E-state index contributed by atoms with van der Waals surface area (Å²) in [5, 5.41) is 0. The molecule has 2 N–H and O–H groups in total. The van der Waals surface area contributed by atoms with Gasteiger partial charge in [-0.2, -0.15) is 9.97 Å². The number of carbonyl (C=O) groups excluding carboxylic acids is 1. The molecular weight excluding hydrogens is 532 g/mol. The van der Waals surface area contributed by atoms with Crippen molar-refractivity contribution in [3.63, 3.8) is 0 Å². The molecule has 0 aliphatic carbocycles. The van der Waals surface area contributed by atoms with Crippen LogP contribution in [0.4, 0.5) is 5.95 Å². The molecule has 2 aliphatic rings. The van der Waals surface area contributed by atoms with E-state index in [2.05, 4.69) is 15.0 Å². The Morgan fingerprint density at radius 3 is 2.74 bits per heavy atom. The number of anilines is 1. The number of nitrogen functional groups attached to an aromatic ring is 1. The van der Waals surface area contributed by atoms with Crippen LogP contribution in [0.5, 0.6) is 5.88 Å². The van der Waals surface area contributed by atoms with Gasteiger partial charge in [-0.1, -0.05) is 30.3 Å². The summed E-state index contributed by atoms with van der Waals surface area (Å²) >= 11 is 0. The summed E-state index contributed by atoms with van der Waals surface area (Å²) in [7, 11) is -3.33. The number of hydrogen-bond acceptors (Lipinski definition) is 13. The first-order chi connectivity index (χ1) is 18.8. The highest BCUT2D eigenvalue weighted by atomic mass is 31.1. The van der Waals surface area contributed by atoms with Crippen LogP contribution in [0.3, 0.4) is 0 Å². The minimum absolute atomic E-state index is 0.00813. The third-order valence-corrected chi connectivity index (χ3v) is 6.98. The number of esters is 1. The second-order valence-corrected chi connectivity index (χ2v) is 9.83. The monoisotopic (exact) mass is 560 g/mol. The van der Waals surface area contributed by atoms with Gasteiger partial charge in [0.25, 0.3) is 0 Å². The molecule has 16 heteroatoms. The molecule has 0 saturated carbocycles. The molecule has 5 rings (SSSR count). The Bertz CT molecular complexity index is 1350. The van der Waals surface area contributed by atoms with Crippen molar-refractivity contribution < 1.29 is 41.9 Å². The minimum atomic E-state index is -2.63. The van der Waals surface area contributed by atoms with Gasteiger partial charge in [-0.05, 0) is 26.2 Å². The van der Waals surface area contributed by atoms with Gasteiger partial charge in [0.15, 0.2) is 17.4 Å². The lowest BCUT2D eigenvalue weighted by atomic mass is 9.79. The van der Waals surface area contributed by atoms with E-state index in [0.717, 1.165) is 5.46 Å². The Kier molecular flexibility index (Phi) is 8.07. The fourth-order valence-corrected chi connectivity index (χ4v) is 5.20. The van der Waals surface area contributed by atoms with Gasteiger partial charge in [0, 0.05) is 4.57 Å². The van der Waals surface area contributed by atoms with Crippen LogP contribution >= 0.6 is 8.25 Å². The average molecular weight is 560 g/mol. The van der Waals surface area contributed by atoms with Crippen molar-refractivity contribution in [2.75, 3.05) is 32.2 Å². The Hall–Kier alpha value is -3.20. The largest absolute Gasteiger partial charge is 0.698 e. The molecular formula is C23H28BN5O9P+. The van der Waals surface area contributed by atoms with Gasteiger partial charge in [-0.3, -0.25) is 4.57 Å². The SMILES string of the molecule is CCOC(=O)CO[P+](=O)OC[C@H]1O[C@@H](n2cnc3c(OCC)nc(N)nc32)[C@]2(C)OB(c3ccccc3)O[C@H]12. The van der Waals surface area contributed by atoms with Crippen molar-refractivity contribution >= 4 is 43.9 Å². The molecule has 5 atom stereocenters. The normalized spacial score (nSPS) is 24.6. The number of nitrogens with zero attached hydrogens (tertiary/aromatic N) is 4. The van der Waals surface area contributed by atoms with Crippen LogP contribution in [0.2, 0.25) is 0 Å². The topological polar surface area (TPSA) is 168 Å². The van der Waals surface area contributed by atoms with E-state index >= 15 is 0 Å². The van der Waals surface area contributed by atoms with Crippen molar-refractivity contribution in [1.82, 2.24) is 19.5 Å². The third-order valence-electron chi connectivity index (χ3n) is 6.28. The maximum absolute atomic E-state index is 12.3. The first kappa shape index (κ1) is 27.4. The van der Waals surface area contributed by atoms with E-state index in [4.69, 9.17) is 38.3 Å². The highest BCUT2D eigenvalue weighted by Crippen LogP contribution is 2.48. The molecule has 1 unspecified atom stereocenters. The van der Waals surface area contributed by atoms with Gasteiger partial charge in [0.2, 0.25) is 18.4 Å². The minimum Gasteiger partial charge on any atom is -0.476 e. The summed E-state index contributed by atoms with van der Waals surface area (Å²) in [5.41, 5.74) is 6.51. The summed E-state index contributed by atoms with van der Waals surface area (Å²) in [6, 6.07) is 9.46. The fraction of sp³-hybridized carbons (Fsp3) is 0.478. The van der Waals surface area contributed by atoms with Crippen molar-refractivity contribution in [2.24, 2.45) is 0 Å². The van der Waals surface area contributed by atoms with Gasteiger partial charge < -0.3 is 29.3 Å². The van der Waals surface area contributed by atoms with Crippen molar-refractivity contribution in [2.45, 2.75) is 44.8 Å². The van der Waals surface area contributed by atoms with Crippen LogP contribution in [0.25, 0.3) is 11.2 Å². The summed E-state index contributed by atoms with van der Waals surface area (Å²) in [6.07, 6.45) is -0.637. The number of imidazole rings is 1. The zero-order chi connectivity index (χ0) is 27.6. The predicted molar refractivity (Wildman–Crippen MR) is 137 cm³/mol. The second-order valence-electron chi connectivity index (χ2n) is 8.87. The van der Waals surface area contributed by atoms with Crippen molar-refractivity contribution in [3.05, 3.63) is 36.7 Å². The lowest BCUT2D eigenvalue weighted by molar-refractivity contribution is -0.145. The van der Waals surface area contributed by atoms with E-state index in [1.165, 1.54) is 0 Å². The van der Waals surface area contributed by atoms with E-state index < -0.39 is 52.0 Å². The molecule has 0 bridgehead atoms. The molecule has 4 heterocycles. The maximum Gasteiger partial charge on any atom is 0.698 e. The van der Waals surface area contributed by atoms with E-state index in [0.29, 0.717) is 17.8 Å². The Balaban J connectivity index is 1.42. The van der Waals surface area contributed by atoms with E-state index in [1.807, 2.05) is 44.2 Å². The smallest absolute Gasteiger partial charge is 0.476 e. The second kappa shape index (κ2) is 11.5. The molecule has 2 aromatic heterocycles. The Morgan fingerprint density at radius 1 is 1.21 bits per heavy atom. The first-order valence-corrected chi connectivity index (χ1v) is 13.5. The van der Waals surface area contributed by atoms with Crippen LogP contribution in [-0.4, -0.2) is 76.8 Å². The summed E-state index contributed by atoms with van der Waals surface area (Å²) in [5.74, 6) is -0.388. The number of fused-ring (bicyclic) bond motifs is 2. The lowest BCUT2D eigenvalue weighted by Crippen LogP contribution is -2.42. The molecule has 0 radical (unpaired) electrons. The van der Waals surface area contributed by atoms with Gasteiger partial charge in [0.1, 0.15) is 24.4 Å². The van der Waals surface area contributed by atoms with Gasteiger partial charge in [-0.15, -0.1) is 9.05 Å². The molecule has 206 valence electrons. The van der Waals surface area contributed by atoms with E-state index in [-0.39, 0.29) is 25.0 Å². The van der Waals surface area contributed by atoms with E-state index in [1.54, 1.807) is 17.8 Å². The van der Waals surface area contributed by atoms with Crippen molar-refractivity contribution in [3.8, 4) is 5.88 Å². The van der Waals surface area contributed by atoms with Crippen LogP contribution in [0.1, 0.15) is 27.0 Å². The number of nitrogens with two attached hydrogens (primary N) is 1. The van der Waals surface area contributed by atoms with Crippen LogP contribution in [0.15, 0.2) is 36.7 Å². The number of rotatable bonds is 11. The number of carbonyl (C=O) groups is 1. The molecule has 2 fully saturated rings. The standard InChI is InChI=1S/C23H28BN5O9P/c1-4-32-16(30)12-35-39(31)34-11-15-18-23(3,38-24(37-18)14-9-7-6-8-10-14)21(36-15)29-13-26-17-19(29)27-22(25)28-20(17)33-5-2/h6-10,13,15,18,21H,4-5,11-12H2,1-3H3,(H2,25,27,28)/q+1/t15-,18-,21-,23-/m1/s1. The average Bonchev–Trinajstić information content (AvgIpc) is 3.57. The number of aromatic nitrogens is 4. The molecule has 2 saturated heterocycles. The summed E-state index contributed by atoms with van der Waals surface area (Å²) < 4.78 is 53.9. The molecule has 14 nitrogen and oxygen atoms in total. The number of hydrogen-bond donors (Lipinski definition) is 1. The Labute approximate surface area is 225 Å². The van der Waals surface area contributed by atoms with Gasteiger partial charge in [0.05, 0.1) is 19.5 Å². The predicted octanol–water partition coefficient (Wildman–Crippen LogP) is 1.53. The van der Waals surface area contributed by atoms with Crippen LogP contribution < -0.4 is 15.9 Å². The Morgan fingerprint density at radius 2 is 2.00 bits per heavy atom. The highest BCUT2D eigenvalue weighted by molar-refractivity contribution is 7.33. The zero-order valence-corrected chi connectivity index (χ0v) is 22.5. The number of ether oxygens (including phenoxy) is 3. The quantitative estimate of drug-likeness (QED) is 0.204. The summed E-state index contributed by atoms with van der Waals surface area (Å²) in [6.45, 7) is 5.21. The van der Waals surface area contributed by atoms with Crippen LogP contribution in [0, 0.1) is 0 Å². The molecule has 39 heavy (non-hydrogen) atoms. The molecule has 3 aromatic rings. The zero-order valence-electron chi connectivity index (χ0n) is 21.6. The van der Waals surface area contributed by atoms with Crippen molar-refractivity contribution in [1.29, 1.82) is 0 Å². The maximum atomic E-state index is 12.3. The van der Waals surface area contributed by atoms with Crippen LogP contribution in [-0.2, 0) is 37.2 Å².